The summed E-state index contributed by atoms with van der Waals surface area (Å²) in [6.07, 6.45) is 0. The molecule has 61 heavy (non-hydrogen) atoms. The number of nitrogens with zero attached hydrogens (tertiary/aromatic N) is 2. The van der Waals surface area contributed by atoms with Gasteiger partial charge in [-0.1, -0.05) is 182 Å². The summed E-state index contributed by atoms with van der Waals surface area (Å²) in [5, 5.41) is 9.93. The molecule has 284 valence electrons. The standard InChI is InChI=1S/C59H38N2/c1-4-15-39(16-5-1)41-27-31-46(32-28-41)61-57-26-13-12-23-51(57)53-35-43(30-34-58(53)61)47-24-14-25-52-49-22-11-10-21-48(49)50-33-29-44(36-54(50)59(47)52)56-38-45(40-17-6-2-7-18-40)37-55(60-56)42-19-8-3-9-20-42/h1-38H. The Morgan fingerprint density at radius 2 is 0.754 bits per heavy atom. The van der Waals surface area contributed by atoms with Gasteiger partial charge in [0.05, 0.1) is 22.4 Å². The molecule has 0 saturated carbocycles. The Balaban J connectivity index is 1.07. The summed E-state index contributed by atoms with van der Waals surface area (Å²) in [6, 6.07) is 83.5. The number of rotatable bonds is 6. The second-order valence-corrected chi connectivity index (χ2v) is 15.9. The SMILES string of the molecule is c1ccc(-c2ccc(-n3c4ccccc4c4cc(-c5cccc6c7ccccc7c7ccc(-c8cc(-c9ccccc9)cc(-c9ccccc9)n8)cc7c56)ccc43)cc2)cc1. The first-order chi connectivity index (χ1) is 30.2. The maximum Gasteiger partial charge on any atom is 0.0715 e. The molecule has 0 saturated heterocycles. The minimum absolute atomic E-state index is 0.951. The fourth-order valence-corrected chi connectivity index (χ4v) is 9.49. The van der Waals surface area contributed by atoms with Gasteiger partial charge in [0.1, 0.15) is 0 Å². The highest BCUT2D eigenvalue weighted by Gasteiger charge is 2.18. The van der Waals surface area contributed by atoms with Crippen LogP contribution in [0.5, 0.6) is 0 Å². The first-order valence-electron chi connectivity index (χ1n) is 21.0. The number of hydrogen-bond acceptors (Lipinski definition) is 1. The molecule has 0 atom stereocenters. The lowest BCUT2D eigenvalue weighted by Crippen LogP contribution is -1.94. The van der Waals surface area contributed by atoms with Crippen molar-refractivity contribution in [3.63, 3.8) is 0 Å². The van der Waals surface area contributed by atoms with Crippen LogP contribution in [-0.4, -0.2) is 9.55 Å². The molecule has 2 heterocycles. The van der Waals surface area contributed by atoms with Gasteiger partial charge < -0.3 is 4.57 Å². The van der Waals surface area contributed by atoms with Crippen LogP contribution in [0.25, 0.3) is 116 Å². The summed E-state index contributed by atoms with van der Waals surface area (Å²) >= 11 is 0. The molecule has 0 amide bonds. The first kappa shape index (κ1) is 34.9. The van der Waals surface area contributed by atoms with Crippen LogP contribution in [0.2, 0.25) is 0 Å². The first-order valence-corrected chi connectivity index (χ1v) is 21.0. The molecule has 0 N–H and O–H groups in total. The van der Waals surface area contributed by atoms with Crippen LogP contribution in [0.1, 0.15) is 0 Å². The molecule has 12 aromatic rings. The van der Waals surface area contributed by atoms with Crippen molar-refractivity contribution in [3.05, 3.63) is 231 Å². The van der Waals surface area contributed by atoms with Gasteiger partial charge in [-0.15, -0.1) is 0 Å². The zero-order valence-corrected chi connectivity index (χ0v) is 33.3. The number of pyridine rings is 1. The fourth-order valence-electron chi connectivity index (χ4n) is 9.49. The van der Waals surface area contributed by atoms with E-state index in [1.165, 1.54) is 81.9 Å². The molecule has 2 aromatic heterocycles. The Kier molecular flexibility index (Phi) is 8.21. The second-order valence-electron chi connectivity index (χ2n) is 15.9. The number of para-hydroxylation sites is 1. The average molecular weight is 775 g/mol. The average Bonchev–Trinajstić information content (AvgIpc) is 3.68. The number of fused-ring (bicyclic) bond motifs is 9. The number of hydrogen-bond donors (Lipinski definition) is 0. The van der Waals surface area contributed by atoms with Crippen molar-refractivity contribution >= 4 is 54.1 Å². The van der Waals surface area contributed by atoms with Crippen molar-refractivity contribution in [1.29, 1.82) is 0 Å². The lowest BCUT2D eigenvalue weighted by Gasteiger charge is -2.16. The molecular weight excluding hydrogens is 737 g/mol. The van der Waals surface area contributed by atoms with Gasteiger partial charge in [0.15, 0.2) is 0 Å². The molecule has 0 aliphatic rings. The minimum atomic E-state index is 0.951. The van der Waals surface area contributed by atoms with E-state index in [0.29, 0.717) is 0 Å². The zero-order chi connectivity index (χ0) is 40.3. The lowest BCUT2D eigenvalue weighted by atomic mass is 9.88. The van der Waals surface area contributed by atoms with Gasteiger partial charge >= 0.3 is 0 Å². The largest absolute Gasteiger partial charge is 0.309 e. The summed E-state index contributed by atoms with van der Waals surface area (Å²) in [6.45, 7) is 0. The monoisotopic (exact) mass is 774 g/mol. The molecule has 0 radical (unpaired) electrons. The van der Waals surface area contributed by atoms with Crippen molar-refractivity contribution in [2.45, 2.75) is 0 Å². The minimum Gasteiger partial charge on any atom is -0.309 e. The quantitative estimate of drug-likeness (QED) is 0.154. The predicted octanol–water partition coefficient (Wildman–Crippen LogP) is 16.0. The Morgan fingerprint density at radius 3 is 1.48 bits per heavy atom. The lowest BCUT2D eigenvalue weighted by molar-refractivity contribution is 1.18. The van der Waals surface area contributed by atoms with Crippen LogP contribution in [-0.2, 0) is 0 Å². The van der Waals surface area contributed by atoms with Crippen molar-refractivity contribution in [2.24, 2.45) is 0 Å². The Labute approximate surface area is 354 Å². The normalized spacial score (nSPS) is 11.6. The molecule has 10 aromatic carbocycles. The van der Waals surface area contributed by atoms with Crippen LogP contribution in [0, 0.1) is 0 Å². The van der Waals surface area contributed by atoms with Crippen LogP contribution < -0.4 is 0 Å². The van der Waals surface area contributed by atoms with Crippen LogP contribution in [0.15, 0.2) is 231 Å². The van der Waals surface area contributed by atoms with Crippen molar-refractivity contribution in [1.82, 2.24) is 9.55 Å². The summed E-state index contributed by atoms with van der Waals surface area (Å²) < 4.78 is 2.40. The molecular formula is C59H38N2. The summed E-state index contributed by atoms with van der Waals surface area (Å²) in [5.74, 6) is 0. The van der Waals surface area contributed by atoms with Gasteiger partial charge in [-0.25, -0.2) is 4.98 Å². The van der Waals surface area contributed by atoms with E-state index >= 15 is 0 Å². The Morgan fingerprint density at radius 1 is 0.262 bits per heavy atom. The summed E-state index contributed by atoms with van der Waals surface area (Å²) in [4.78, 5) is 5.34. The van der Waals surface area contributed by atoms with E-state index in [9.17, 15) is 0 Å². The highest BCUT2D eigenvalue weighted by atomic mass is 15.0. The Bertz CT molecular complexity index is 3550. The van der Waals surface area contributed by atoms with E-state index in [-0.39, 0.29) is 0 Å². The van der Waals surface area contributed by atoms with E-state index in [4.69, 9.17) is 4.98 Å². The van der Waals surface area contributed by atoms with E-state index in [2.05, 4.69) is 235 Å². The van der Waals surface area contributed by atoms with Crippen LogP contribution >= 0.6 is 0 Å². The second kappa shape index (κ2) is 14.3. The maximum absolute atomic E-state index is 5.34. The fraction of sp³-hybridized carbons (Fsp3) is 0. The maximum atomic E-state index is 5.34. The van der Waals surface area contributed by atoms with Gasteiger partial charge in [-0.05, 0) is 114 Å². The summed E-state index contributed by atoms with van der Waals surface area (Å²) in [7, 11) is 0. The van der Waals surface area contributed by atoms with Gasteiger partial charge in [0.2, 0.25) is 0 Å². The van der Waals surface area contributed by atoms with E-state index in [1.807, 2.05) is 0 Å². The molecule has 0 spiro atoms. The molecule has 0 fully saturated rings. The van der Waals surface area contributed by atoms with Gasteiger partial charge in [-0.3, -0.25) is 0 Å². The molecule has 0 aliphatic carbocycles. The van der Waals surface area contributed by atoms with E-state index < -0.39 is 0 Å². The third-order valence-corrected chi connectivity index (χ3v) is 12.4. The molecule has 2 heteroatoms. The number of aromatic nitrogens is 2. The highest BCUT2D eigenvalue weighted by molar-refractivity contribution is 6.29. The predicted molar refractivity (Wildman–Crippen MR) is 258 cm³/mol. The van der Waals surface area contributed by atoms with Crippen molar-refractivity contribution in [2.75, 3.05) is 0 Å². The number of benzene rings is 10. The van der Waals surface area contributed by atoms with Gasteiger partial charge in [0, 0.05) is 27.6 Å². The topological polar surface area (TPSA) is 17.8 Å². The van der Waals surface area contributed by atoms with Crippen LogP contribution in [0.4, 0.5) is 0 Å². The molecule has 0 aliphatic heterocycles. The van der Waals surface area contributed by atoms with Crippen molar-refractivity contribution < 1.29 is 0 Å². The third kappa shape index (κ3) is 5.92. The summed E-state index contributed by atoms with van der Waals surface area (Å²) in [5.41, 5.74) is 14.8. The van der Waals surface area contributed by atoms with E-state index in [1.54, 1.807) is 0 Å². The van der Waals surface area contributed by atoms with E-state index in [0.717, 1.165) is 33.8 Å². The van der Waals surface area contributed by atoms with Crippen LogP contribution in [0.3, 0.4) is 0 Å². The molecule has 0 unspecified atom stereocenters. The molecule has 2 nitrogen and oxygen atoms in total. The highest BCUT2D eigenvalue weighted by Crippen LogP contribution is 2.43. The Hall–Kier alpha value is -8.07. The molecule has 0 bridgehead atoms. The zero-order valence-electron chi connectivity index (χ0n) is 33.3. The smallest absolute Gasteiger partial charge is 0.0715 e. The van der Waals surface area contributed by atoms with Gasteiger partial charge in [-0.2, -0.15) is 0 Å². The third-order valence-electron chi connectivity index (χ3n) is 12.4. The van der Waals surface area contributed by atoms with Gasteiger partial charge in [0.25, 0.3) is 0 Å². The van der Waals surface area contributed by atoms with Crippen molar-refractivity contribution in [3.8, 4) is 61.6 Å². The molecule has 12 rings (SSSR count).